The molecule has 27 heavy (non-hydrogen) atoms. The molecule has 1 aliphatic rings. The summed E-state index contributed by atoms with van der Waals surface area (Å²) in [6.45, 7) is 0. The first-order chi connectivity index (χ1) is 13.4. The fourth-order valence-corrected chi connectivity index (χ4v) is 6.83. The molecule has 0 radical (unpaired) electrons. The Balaban J connectivity index is 1.61. The number of rotatable bonds is 1. The van der Waals surface area contributed by atoms with Crippen LogP contribution in [-0.2, 0) is 0 Å². The van der Waals surface area contributed by atoms with Crippen molar-refractivity contribution in [3.05, 3.63) is 79.1 Å². The van der Waals surface area contributed by atoms with Gasteiger partial charge in [0.15, 0.2) is 0 Å². The molecular formula is C22H13N3SSe. The Hall–Kier alpha value is -2.59. The molecule has 5 aromatic rings. The van der Waals surface area contributed by atoms with Crippen molar-refractivity contribution in [3.8, 4) is 0 Å². The van der Waals surface area contributed by atoms with Crippen LogP contribution in [0.3, 0.4) is 0 Å². The van der Waals surface area contributed by atoms with Gasteiger partial charge in [0.25, 0.3) is 0 Å². The van der Waals surface area contributed by atoms with Gasteiger partial charge in [-0.1, -0.05) is 0 Å². The third kappa shape index (κ3) is 2.36. The number of fused-ring (bicyclic) bond motifs is 5. The van der Waals surface area contributed by atoms with Crippen LogP contribution in [0.1, 0.15) is 0 Å². The molecule has 3 aromatic carbocycles. The summed E-state index contributed by atoms with van der Waals surface area (Å²) in [5, 5.41) is 1.23. The van der Waals surface area contributed by atoms with E-state index in [1.165, 1.54) is 36.5 Å². The van der Waals surface area contributed by atoms with Crippen molar-refractivity contribution in [3.63, 3.8) is 0 Å². The van der Waals surface area contributed by atoms with E-state index in [1.807, 2.05) is 11.8 Å². The van der Waals surface area contributed by atoms with Crippen LogP contribution in [0.15, 0.2) is 88.9 Å². The molecule has 128 valence electrons. The van der Waals surface area contributed by atoms with Gasteiger partial charge in [-0.05, 0) is 0 Å². The summed E-state index contributed by atoms with van der Waals surface area (Å²) >= 11 is 2.05. The van der Waals surface area contributed by atoms with Crippen LogP contribution >= 0.6 is 11.8 Å². The Bertz CT molecular complexity index is 1280. The molecule has 0 spiro atoms. The van der Waals surface area contributed by atoms with Gasteiger partial charge in [0.05, 0.1) is 0 Å². The van der Waals surface area contributed by atoms with Crippen molar-refractivity contribution in [1.29, 1.82) is 0 Å². The second-order valence-electron chi connectivity index (χ2n) is 6.37. The fraction of sp³-hybridized carbons (Fsp3) is 0. The third-order valence-electron chi connectivity index (χ3n) is 4.78. The summed E-state index contributed by atoms with van der Waals surface area (Å²) in [6, 6.07) is 24.0. The normalized spacial score (nSPS) is 13.0. The molecule has 0 fully saturated rings. The first kappa shape index (κ1) is 15.5. The number of hydrogen-bond acceptors (Lipinski definition) is 4. The van der Waals surface area contributed by atoms with Crippen molar-refractivity contribution in [2.24, 2.45) is 0 Å². The fourth-order valence-electron chi connectivity index (χ4n) is 3.60. The van der Waals surface area contributed by atoms with E-state index >= 15 is 0 Å². The van der Waals surface area contributed by atoms with Crippen LogP contribution in [-0.4, -0.2) is 24.5 Å². The monoisotopic (exact) mass is 431 g/mol. The molecule has 5 heteroatoms. The van der Waals surface area contributed by atoms with Gasteiger partial charge in [0, 0.05) is 0 Å². The summed E-state index contributed by atoms with van der Waals surface area (Å²) in [7, 11) is 0. The van der Waals surface area contributed by atoms with E-state index in [2.05, 4.69) is 81.6 Å². The molecule has 0 atom stereocenters. The van der Waals surface area contributed by atoms with Crippen LogP contribution in [0.5, 0.6) is 0 Å². The van der Waals surface area contributed by atoms with E-state index in [-0.39, 0.29) is 14.5 Å². The van der Waals surface area contributed by atoms with Crippen molar-refractivity contribution in [2.45, 2.75) is 9.79 Å². The van der Waals surface area contributed by atoms with Crippen LogP contribution in [0.2, 0.25) is 0 Å². The number of hydrogen-bond donors (Lipinski definition) is 0. The van der Waals surface area contributed by atoms with Gasteiger partial charge >= 0.3 is 167 Å². The summed E-state index contributed by atoms with van der Waals surface area (Å²) in [4.78, 5) is 14.0. The zero-order valence-electron chi connectivity index (χ0n) is 14.2. The average Bonchev–Trinajstić information content (AvgIpc) is 3.09. The second kappa shape index (κ2) is 5.96. The van der Waals surface area contributed by atoms with E-state index in [0.717, 1.165) is 9.91 Å². The predicted molar refractivity (Wildman–Crippen MR) is 113 cm³/mol. The van der Waals surface area contributed by atoms with Crippen LogP contribution in [0.4, 0.5) is 17.1 Å². The topological polar surface area (TPSA) is 29.0 Å². The molecule has 3 nitrogen and oxygen atoms in total. The minimum absolute atomic E-state index is 0.207. The van der Waals surface area contributed by atoms with Gasteiger partial charge in [-0.3, -0.25) is 0 Å². The minimum atomic E-state index is 0.207. The maximum absolute atomic E-state index is 4.55. The summed E-state index contributed by atoms with van der Waals surface area (Å²) in [6.07, 6.45) is 3.58. The van der Waals surface area contributed by atoms with Crippen LogP contribution in [0, 0.1) is 0 Å². The van der Waals surface area contributed by atoms with Gasteiger partial charge in [-0.25, -0.2) is 0 Å². The standard InChI is InChI=1S/C22H13N3SSe/c1-3-7-18-16(5-1)25(17-6-2-4-8-19(17)26-18)14-9-10-15-20(13-14)27-22-21(15)23-11-12-24-22/h1-13H. The molecule has 0 saturated carbocycles. The summed E-state index contributed by atoms with van der Waals surface area (Å²) in [5.41, 5.74) is 4.72. The number of anilines is 3. The zero-order chi connectivity index (χ0) is 17.8. The van der Waals surface area contributed by atoms with Crippen molar-refractivity contribution >= 4 is 62.9 Å². The molecule has 0 N–H and O–H groups in total. The quantitative estimate of drug-likeness (QED) is 0.310. The van der Waals surface area contributed by atoms with Crippen molar-refractivity contribution in [2.75, 3.05) is 4.90 Å². The van der Waals surface area contributed by atoms with Crippen molar-refractivity contribution < 1.29 is 0 Å². The molecule has 0 amide bonds. The summed E-state index contributed by atoms with van der Waals surface area (Å²) < 4.78 is 2.49. The molecule has 6 rings (SSSR count). The van der Waals surface area contributed by atoms with Crippen LogP contribution < -0.4 is 4.90 Å². The third-order valence-corrected chi connectivity index (χ3v) is 8.11. The first-order valence-electron chi connectivity index (χ1n) is 8.68. The van der Waals surface area contributed by atoms with E-state index in [4.69, 9.17) is 0 Å². The molecule has 0 aliphatic carbocycles. The van der Waals surface area contributed by atoms with E-state index in [0.29, 0.717) is 0 Å². The van der Waals surface area contributed by atoms with Gasteiger partial charge in [-0.15, -0.1) is 0 Å². The van der Waals surface area contributed by atoms with Gasteiger partial charge in [0.1, 0.15) is 0 Å². The second-order valence-corrected chi connectivity index (χ2v) is 9.61. The molecule has 1 aliphatic heterocycles. The SMILES string of the molecule is c1ccc2c(c1)Sc1ccccc1N2c1ccc2c(c1)[se]c1nccnc12. The van der Waals surface area contributed by atoms with Crippen LogP contribution in [0.25, 0.3) is 19.6 Å². The Morgan fingerprint density at radius 3 is 2.26 bits per heavy atom. The predicted octanol–water partition coefficient (Wildman–Crippen LogP) is 5.77. The Kier molecular flexibility index (Phi) is 3.41. The molecule has 3 heterocycles. The molecule has 0 bridgehead atoms. The maximum atomic E-state index is 4.55. The average molecular weight is 430 g/mol. The Morgan fingerprint density at radius 2 is 1.48 bits per heavy atom. The number of aromatic nitrogens is 2. The Morgan fingerprint density at radius 1 is 0.778 bits per heavy atom. The molecule has 0 unspecified atom stereocenters. The first-order valence-corrected chi connectivity index (χ1v) is 11.2. The number of benzene rings is 3. The van der Waals surface area contributed by atoms with E-state index in [9.17, 15) is 0 Å². The molecule has 2 aromatic heterocycles. The van der Waals surface area contributed by atoms with E-state index < -0.39 is 0 Å². The van der Waals surface area contributed by atoms with Gasteiger partial charge in [0.2, 0.25) is 0 Å². The van der Waals surface area contributed by atoms with Gasteiger partial charge < -0.3 is 0 Å². The Labute approximate surface area is 166 Å². The number of para-hydroxylation sites is 2. The van der Waals surface area contributed by atoms with Crippen molar-refractivity contribution in [1.82, 2.24) is 9.97 Å². The van der Waals surface area contributed by atoms with Gasteiger partial charge in [-0.2, -0.15) is 0 Å². The van der Waals surface area contributed by atoms with E-state index in [1.54, 1.807) is 12.4 Å². The number of nitrogens with zero attached hydrogens (tertiary/aromatic N) is 3. The summed E-state index contributed by atoms with van der Waals surface area (Å²) in [5.74, 6) is 0. The molecule has 0 saturated heterocycles. The zero-order valence-corrected chi connectivity index (χ0v) is 16.7. The molecular weight excluding hydrogens is 417 g/mol.